The highest BCUT2D eigenvalue weighted by Crippen LogP contribution is 2.15. The molecule has 0 aromatic rings. The first-order valence-corrected chi connectivity index (χ1v) is 8.30. The number of unbranched alkanes of at least 4 members (excludes halogenated alkanes) is 9. The monoisotopic (exact) mass is 254 g/mol. The summed E-state index contributed by atoms with van der Waals surface area (Å²) in [5.41, 5.74) is 0. The maximum atomic E-state index is 10.8. The molecule has 0 bridgehead atoms. The number of carbonyl (C=O) groups is 1. The van der Waals surface area contributed by atoms with E-state index in [0.29, 0.717) is 5.92 Å². The average molecular weight is 254 g/mol. The van der Waals surface area contributed by atoms with Crippen molar-refractivity contribution in [3.05, 3.63) is 0 Å². The highest BCUT2D eigenvalue weighted by Gasteiger charge is 2.04. The van der Waals surface area contributed by atoms with Crippen LogP contribution in [0.3, 0.4) is 0 Å². The molecule has 18 heavy (non-hydrogen) atoms. The normalized spacial score (nSPS) is 12.6. The van der Waals surface area contributed by atoms with Crippen molar-refractivity contribution in [2.24, 2.45) is 5.92 Å². The highest BCUT2D eigenvalue weighted by molar-refractivity contribution is 5.53. The summed E-state index contributed by atoms with van der Waals surface area (Å²) in [7, 11) is 0. The first kappa shape index (κ1) is 17.7. The zero-order chi connectivity index (χ0) is 13.5. The SMILES string of the molecule is CCCCCCCCCCCCC(C=O)CCC. The minimum absolute atomic E-state index is 0.337. The zero-order valence-electron chi connectivity index (χ0n) is 12.8. The second kappa shape index (κ2) is 14.7. The van der Waals surface area contributed by atoms with Gasteiger partial charge in [-0.25, -0.2) is 0 Å². The third-order valence-corrected chi connectivity index (χ3v) is 3.78. The van der Waals surface area contributed by atoms with E-state index in [0.717, 1.165) is 25.5 Å². The van der Waals surface area contributed by atoms with E-state index < -0.39 is 0 Å². The van der Waals surface area contributed by atoms with Gasteiger partial charge in [0, 0.05) is 5.92 Å². The Morgan fingerprint density at radius 3 is 1.61 bits per heavy atom. The van der Waals surface area contributed by atoms with Crippen LogP contribution in [0.25, 0.3) is 0 Å². The van der Waals surface area contributed by atoms with E-state index >= 15 is 0 Å². The van der Waals surface area contributed by atoms with Crippen molar-refractivity contribution >= 4 is 6.29 Å². The molecular weight excluding hydrogens is 220 g/mol. The van der Waals surface area contributed by atoms with Gasteiger partial charge >= 0.3 is 0 Å². The maximum Gasteiger partial charge on any atom is 0.123 e. The smallest absolute Gasteiger partial charge is 0.123 e. The second-order valence-corrected chi connectivity index (χ2v) is 5.66. The molecule has 0 aliphatic rings. The van der Waals surface area contributed by atoms with Gasteiger partial charge < -0.3 is 4.79 Å². The number of carbonyl (C=O) groups excluding carboxylic acids is 1. The number of hydrogen-bond acceptors (Lipinski definition) is 1. The van der Waals surface area contributed by atoms with Gasteiger partial charge in [-0.1, -0.05) is 84.5 Å². The maximum absolute atomic E-state index is 10.8. The summed E-state index contributed by atoms with van der Waals surface area (Å²) in [6.45, 7) is 4.43. The van der Waals surface area contributed by atoms with Gasteiger partial charge in [-0.2, -0.15) is 0 Å². The van der Waals surface area contributed by atoms with Gasteiger partial charge in [0.2, 0.25) is 0 Å². The van der Waals surface area contributed by atoms with Crippen molar-refractivity contribution in [1.29, 1.82) is 0 Å². The van der Waals surface area contributed by atoms with Crippen LogP contribution in [0.2, 0.25) is 0 Å². The van der Waals surface area contributed by atoms with E-state index in [9.17, 15) is 4.79 Å². The van der Waals surface area contributed by atoms with Crippen molar-refractivity contribution in [3.8, 4) is 0 Å². The largest absolute Gasteiger partial charge is 0.303 e. The Bertz CT molecular complexity index is 165. The van der Waals surface area contributed by atoms with Crippen molar-refractivity contribution in [3.63, 3.8) is 0 Å². The third kappa shape index (κ3) is 12.1. The molecule has 1 nitrogen and oxygen atoms in total. The molecule has 1 heteroatoms. The lowest BCUT2D eigenvalue weighted by molar-refractivity contribution is -0.111. The quantitative estimate of drug-likeness (QED) is 0.278. The molecule has 0 saturated heterocycles. The van der Waals surface area contributed by atoms with E-state index in [-0.39, 0.29) is 0 Å². The first-order chi connectivity index (χ1) is 8.85. The molecule has 1 unspecified atom stereocenters. The summed E-state index contributed by atoms with van der Waals surface area (Å²) in [6, 6.07) is 0. The molecule has 0 saturated carbocycles. The van der Waals surface area contributed by atoms with Crippen molar-refractivity contribution in [2.45, 2.75) is 97.3 Å². The lowest BCUT2D eigenvalue weighted by Crippen LogP contribution is -2.01. The fraction of sp³-hybridized carbons (Fsp3) is 0.941. The van der Waals surface area contributed by atoms with Gasteiger partial charge in [0.15, 0.2) is 0 Å². The van der Waals surface area contributed by atoms with E-state index in [2.05, 4.69) is 13.8 Å². The molecule has 1 atom stereocenters. The van der Waals surface area contributed by atoms with Crippen LogP contribution in [0.1, 0.15) is 97.3 Å². The number of rotatable bonds is 14. The average Bonchev–Trinajstić information content (AvgIpc) is 2.39. The Hall–Kier alpha value is -0.330. The van der Waals surface area contributed by atoms with Crippen LogP contribution < -0.4 is 0 Å². The fourth-order valence-corrected chi connectivity index (χ4v) is 2.55. The fourth-order valence-electron chi connectivity index (χ4n) is 2.55. The van der Waals surface area contributed by atoms with E-state index in [1.807, 2.05) is 0 Å². The molecule has 0 amide bonds. The second-order valence-electron chi connectivity index (χ2n) is 5.66. The molecule has 0 N–H and O–H groups in total. The van der Waals surface area contributed by atoms with Crippen LogP contribution in [0.5, 0.6) is 0 Å². The standard InChI is InChI=1S/C17H34O/c1-3-5-6-7-8-9-10-11-12-13-15-17(16-18)14-4-2/h16-17H,3-15H2,1-2H3. The van der Waals surface area contributed by atoms with E-state index in [1.165, 1.54) is 64.2 Å². The number of aldehydes is 1. The van der Waals surface area contributed by atoms with Crippen LogP contribution >= 0.6 is 0 Å². The summed E-state index contributed by atoms with van der Waals surface area (Å²) < 4.78 is 0. The summed E-state index contributed by atoms with van der Waals surface area (Å²) in [4.78, 5) is 10.8. The van der Waals surface area contributed by atoms with Gasteiger partial charge in [-0.3, -0.25) is 0 Å². The van der Waals surface area contributed by atoms with Gasteiger partial charge in [0.25, 0.3) is 0 Å². The minimum atomic E-state index is 0.337. The van der Waals surface area contributed by atoms with Crippen LogP contribution in [0.15, 0.2) is 0 Å². The summed E-state index contributed by atoms with van der Waals surface area (Å²) in [5.74, 6) is 0.337. The Morgan fingerprint density at radius 1 is 0.667 bits per heavy atom. The number of hydrogen-bond donors (Lipinski definition) is 0. The van der Waals surface area contributed by atoms with Crippen LogP contribution in [0, 0.1) is 5.92 Å². The summed E-state index contributed by atoms with van der Waals surface area (Å²) >= 11 is 0. The molecule has 0 rings (SSSR count). The lowest BCUT2D eigenvalue weighted by Gasteiger charge is -2.08. The molecule has 0 aliphatic heterocycles. The highest BCUT2D eigenvalue weighted by atomic mass is 16.1. The van der Waals surface area contributed by atoms with Crippen LogP contribution in [-0.2, 0) is 4.79 Å². The predicted molar refractivity (Wildman–Crippen MR) is 80.9 cm³/mol. The van der Waals surface area contributed by atoms with Gasteiger partial charge in [0.05, 0.1) is 0 Å². The summed E-state index contributed by atoms with van der Waals surface area (Å²) in [5, 5.41) is 0. The molecule has 0 aromatic carbocycles. The van der Waals surface area contributed by atoms with Crippen molar-refractivity contribution in [2.75, 3.05) is 0 Å². The molecule has 108 valence electrons. The van der Waals surface area contributed by atoms with Crippen LogP contribution in [0.4, 0.5) is 0 Å². The predicted octanol–water partition coefficient (Wildman–Crippen LogP) is 5.91. The molecule has 0 fully saturated rings. The molecule has 0 aromatic heterocycles. The summed E-state index contributed by atoms with van der Waals surface area (Å²) in [6.07, 6.45) is 18.3. The van der Waals surface area contributed by atoms with Gasteiger partial charge in [0.1, 0.15) is 6.29 Å². The van der Waals surface area contributed by atoms with Crippen molar-refractivity contribution in [1.82, 2.24) is 0 Å². The Kier molecular flexibility index (Phi) is 14.5. The zero-order valence-corrected chi connectivity index (χ0v) is 12.8. The lowest BCUT2D eigenvalue weighted by atomic mass is 9.97. The third-order valence-electron chi connectivity index (χ3n) is 3.78. The van der Waals surface area contributed by atoms with Gasteiger partial charge in [-0.15, -0.1) is 0 Å². The topological polar surface area (TPSA) is 17.1 Å². The van der Waals surface area contributed by atoms with E-state index in [1.54, 1.807) is 0 Å². The molecule has 0 radical (unpaired) electrons. The Morgan fingerprint density at radius 2 is 1.17 bits per heavy atom. The first-order valence-electron chi connectivity index (χ1n) is 8.30. The molecule has 0 heterocycles. The molecule has 0 aliphatic carbocycles. The Labute approximate surface area is 115 Å². The Balaban J connectivity index is 3.13. The molecular formula is C17H34O. The molecule has 0 spiro atoms. The van der Waals surface area contributed by atoms with Gasteiger partial charge in [-0.05, 0) is 12.8 Å². The van der Waals surface area contributed by atoms with Crippen molar-refractivity contribution < 1.29 is 4.79 Å². The van der Waals surface area contributed by atoms with E-state index in [4.69, 9.17) is 0 Å². The minimum Gasteiger partial charge on any atom is -0.303 e. The van der Waals surface area contributed by atoms with Crippen LogP contribution in [-0.4, -0.2) is 6.29 Å².